The van der Waals surface area contributed by atoms with Crippen molar-refractivity contribution in [3.05, 3.63) is 69.1 Å². The van der Waals surface area contributed by atoms with E-state index in [1.807, 2.05) is 24.3 Å². The van der Waals surface area contributed by atoms with Gasteiger partial charge in [0.25, 0.3) is 5.91 Å². The third-order valence-corrected chi connectivity index (χ3v) is 6.62. The SMILES string of the molecule is COc1ccc(-n2nc(C(F)(F)F)c3c2C(=O)N(c2ccc(I)cc2)CC32CC2)cc1. The van der Waals surface area contributed by atoms with Crippen LogP contribution in [0.3, 0.4) is 0 Å². The summed E-state index contributed by atoms with van der Waals surface area (Å²) in [5, 5.41) is 3.92. The lowest BCUT2D eigenvalue weighted by Gasteiger charge is -2.33. The molecule has 0 bridgehead atoms. The molecule has 160 valence electrons. The second-order valence-electron chi connectivity index (χ2n) is 7.83. The second kappa shape index (κ2) is 6.98. The van der Waals surface area contributed by atoms with E-state index in [0.717, 1.165) is 8.25 Å². The van der Waals surface area contributed by atoms with Crippen LogP contribution in [0.2, 0.25) is 0 Å². The minimum Gasteiger partial charge on any atom is -0.497 e. The molecule has 3 aromatic rings. The Hall–Kier alpha value is -2.56. The molecule has 0 saturated heterocycles. The zero-order valence-electron chi connectivity index (χ0n) is 16.4. The number of alkyl halides is 3. The highest BCUT2D eigenvalue weighted by atomic mass is 127. The molecule has 1 amide bonds. The van der Waals surface area contributed by atoms with Crippen LogP contribution < -0.4 is 9.64 Å². The van der Waals surface area contributed by atoms with Crippen LogP contribution in [-0.4, -0.2) is 29.3 Å². The maximum absolute atomic E-state index is 14.0. The Kier molecular flexibility index (Phi) is 4.58. The van der Waals surface area contributed by atoms with Crippen molar-refractivity contribution in [1.29, 1.82) is 0 Å². The Morgan fingerprint density at radius 2 is 1.65 bits per heavy atom. The van der Waals surface area contributed by atoms with Crippen LogP contribution in [0.15, 0.2) is 48.5 Å². The van der Waals surface area contributed by atoms with Crippen molar-refractivity contribution in [3.8, 4) is 11.4 Å². The van der Waals surface area contributed by atoms with Gasteiger partial charge in [-0.1, -0.05) is 0 Å². The van der Waals surface area contributed by atoms with Gasteiger partial charge in [-0.3, -0.25) is 4.79 Å². The minimum atomic E-state index is -4.65. The first-order chi connectivity index (χ1) is 14.7. The summed E-state index contributed by atoms with van der Waals surface area (Å²) in [6.45, 7) is 0.219. The number of carbonyl (C=O) groups is 1. The summed E-state index contributed by atoms with van der Waals surface area (Å²) in [5.74, 6) is 0.0823. The first kappa shape index (κ1) is 20.3. The summed E-state index contributed by atoms with van der Waals surface area (Å²) in [5.41, 5.74) is -0.629. The lowest BCUT2D eigenvalue weighted by molar-refractivity contribution is -0.142. The molecule has 0 atom stereocenters. The van der Waals surface area contributed by atoms with Crippen molar-refractivity contribution in [2.75, 3.05) is 18.6 Å². The van der Waals surface area contributed by atoms with Crippen LogP contribution in [0.1, 0.15) is 34.6 Å². The quantitative estimate of drug-likeness (QED) is 0.431. The Balaban J connectivity index is 1.72. The molecular formula is C22H17F3IN3O2. The Morgan fingerprint density at radius 1 is 1.03 bits per heavy atom. The molecule has 9 heteroatoms. The van der Waals surface area contributed by atoms with E-state index in [0.29, 0.717) is 30.0 Å². The third-order valence-electron chi connectivity index (χ3n) is 5.90. The zero-order valence-corrected chi connectivity index (χ0v) is 18.6. The summed E-state index contributed by atoms with van der Waals surface area (Å²) in [4.78, 5) is 15.1. The molecule has 1 aliphatic carbocycles. The lowest BCUT2D eigenvalue weighted by atomic mass is 9.88. The van der Waals surface area contributed by atoms with Gasteiger partial charge in [-0.2, -0.15) is 18.3 Å². The van der Waals surface area contributed by atoms with Gasteiger partial charge in [0.05, 0.1) is 12.8 Å². The standard InChI is InChI=1S/C22H17F3IN3O2/c1-31-16-8-6-15(7-9-16)29-18-17(19(27-29)22(23,24)25)21(10-11-21)12-28(20(18)30)14-4-2-13(26)3-5-14/h2-9H,10-12H2,1H3. The molecule has 2 heterocycles. The molecule has 0 unspecified atom stereocenters. The molecule has 1 aliphatic heterocycles. The van der Waals surface area contributed by atoms with E-state index < -0.39 is 23.2 Å². The zero-order chi connectivity index (χ0) is 22.0. The first-order valence-corrected chi connectivity index (χ1v) is 10.7. The van der Waals surface area contributed by atoms with Crippen molar-refractivity contribution in [2.45, 2.75) is 24.4 Å². The van der Waals surface area contributed by atoms with Crippen LogP contribution >= 0.6 is 22.6 Å². The topological polar surface area (TPSA) is 47.4 Å². The maximum Gasteiger partial charge on any atom is 0.435 e. The molecular weight excluding hydrogens is 522 g/mol. The van der Waals surface area contributed by atoms with Gasteiger partial charge in [0.15, 0.2) is 5.69 Å². The minimum absolute atomic E-state index is 0.0141. The van der Waals surface area contributed by atoms with Crippen molar-refractivity contribution < 1.29 is 22.7 Å². The molecule has 31 heavy (non-hydrogen) atoms. The second-order valence-corrected chi connectivity index (χ2v) is 9.07. The fourth-order valence-corrected chi connectivity index (χ4v) is 4.56. The number of benzene rings is 2. The average molecular weight is 539 g/mol. The smallest absolute Gasteiger partial charge is 0.435 e. The third kappa shape index (κ3) is 3.29. The number of methoxy groups -OCH3 is 1. The summed E-state index contributed by atoms with van der Waals surface area (Å²) in [7, 11) is 1.51. The van der Waals surface area contributed by atoms with Crippen LogP contribution in [0, 0.1) is 3.57 Å². The first-order valence-electron chi connectivity index (χ1n) is 9.66. The van der Waals surface area contributed by atoms with E-state index in [2.05, 4.69) is 27.7 Å². The van der Waals surface area contributed by atoms with E-state index in [4.69, 9.17) is 4.74 Å². The normalized spacial score (nSPS) is 17.1. The number of amides is 1. The van der Waals surface area contributed by atoms with E-state index in [1.54, 1.807) is 29.2 Å². The van der Waals surface area contributed by atoms with Crippen molar-refractivity contribution in [1.82, 2.24) is 9.78 Å². The van der Waals surface area contributed by atoms with Gasteiger partial charge in [0.2, 0.25) is 0 Å². The summed E-state index contributed by atoms with van der Waals surface area (Å²) < 4.78 is 49.2. The van der Waals surface area contributed by atoms with Crippen LogP contribution in [0.5, 0.6) is 5.75 Å². The Bertz CT molecular complexity index is 1170. The molecule has 1 spiro atoms. The average Bonchev–Trinajstić information content (AvgIpc) is 3.38. The summed E-state index contributed by atoms with van der Waals surface area (Å²) in [6.07, 6.45) is -3.47. The van der Waals surface area contributed by atoms with Crippen molar-refractivity contribution in [2.24, 2.45) is 0 Å². The van der Waals surface area contributed by atoms with Crippen molar-refractivity contribution in [3.63, 3.8) is 0 Å². The number of hydrogen-bond donors (Lipinski definition) is 0. The molecule has 0 N–H and O–H groups in total. The van der Waals surface area contributed by atoms with Gasteiger partial charge in [0.1, 0.15) is 11.4 Å². The monoisotopic (exact) mass is 539 g/mol. The maximum atomic E-state index is 14.0. The highest BCUT2D eigenvalue weighted by Gasteiger charge is 2.58. The van der Waals surface area contributed by atoms with Crippen molar-refractivity contribution >= 4 is 34.2 Å². The lowest BCUT2D eigenvalue weighted by Crippen LogP contribution is -2.44. The summed E-state index contributed by atoms with van der Waals surface area (Å²) in [6, 6.07) is 13.9. The number of halogens is 4. The van der Waals surface area contributed by atoms with Gasteiger partial charge in [-0.15, -0.1) is 0 Å². The number of ether oxygens (including phenoxy) is 1. The largest absolute Gasteiger partial charge is 0.497 e. The molecule has 1 aromatic heterocycles. The number of rotatable bonds is 3. The van der Waals surface area contributed by atoms with Crippen LogP contribution in [0.4, 0.5) is 18.9 Å². The van der Waals surface area contributed by atoms with E-state index in [-0.39, 0.29) is 17.8 Å². The fraction of sp³-hybridized carbons (Fsp3) is 0.273. The van der Waals surface area contributed by atoms with Gasteiger partial charge in [0, 0.05) is 26.8 Å². The van der Waals surface area contributed by atoms with Gasteiger partial charge in [-0.05, 0) is 84.0 Å². The fourth-order valence-electron chi connectivity index (χ4n) is 4.20. The number of nitrogens with zero attached hydrogens (tertiary/aromatic N) is 3. The molecule has 5 nitrogen and oxygen atoms in total. The summed E-state index contributed by atoms with van der Waals surface area (Å²) >= 11 is 2.17. The predicted octanol–water partition coefficient (Wildman–Crippen LogP) is 5.20. The van der Waals surface area contributed by atoms with E-state index in [1.165, 1.54) is 7.11 Å². The van der Waals surface area contributed by atoms with Crippen LogP contribution in [-0.2, 0) is 11.6 Å². The number of anilines is 1. The Labute approximate surface area is 189 Å². The Morgan fingerprint density at radius 3 is 2.19 bits per heavy atom. The van der Waals surface area contributed by atoms with E-state index in [9.17, 15) is 18.0 Å². The molecule has 5 rings (SSSR count). The number of fused-ring (bicyclic) bond motifs is 2. The van der Waals surface area contributed by atoms with Gasteiger partial charge < -0.3 is 9.64 Å². The van der Waals surface area contributed by atoms with Crippen LogP contribution in [0.25, 0.3) is 5.69 Å². The number of carbonyl (C=O) groups excluding carboxylic acids is 1. The highest BCUT2D eigenvalue weighted by Crippen LogP contribution is 2.56. The van der Waals surface area contributed by atoms with E-state index >= 15 is 0 Å². The molecule has 1 saturated carbocycles. The molecule has 2 aliphatic rings. The molecule has 0 radical (unpaired) electrons. The molecule has 1 fully saturated rings. The highest BCUT2D eigenvalue weighted by molar-refractivity contribution is 14.1. The van der Waals surface area contributed by atoms with Gasteiger partial charge >= 0.3 is 6.18 Å². The number of aromatic nitrogens is 2. The van der Waals surface area contributed by atoms with Gasteiger partial charge in [-0.25, -0.2) is 4.68 Å². The predicted molar refractivity (Wildman–Crippen MR) is 117 cm³/mol. The molecule has 2 aromatic carbocycles. The number of hydrogen-bond acceptors (Lipinski definition) is 3.